The molecule has 2 N–H and O–H groups in total. The summed E-state index contributed by atoms with van der Waals surface area (Å²) in [7, 11) is -2.22. The van der Waals surface area contributed by atoms with E-state index in [0.717, 1.165) is 28.3 Å². The maximum atomic E-state index is 14.0. The number of hydrogen-bond acceptors (Lipinski definition) is 7. The van der Waals surface area contributed by atoms with Crippen LogP contribution < -0.4 is 5.73 Å². The lowest BCUT2D eigenvalue weighted by atomic mass is 9.57. The van der Waals surface area contributed by atoms with Crippen LogP contribution in [0.4, 0.5) is 0 Å². The van der Waals surface area contributed by atoms with E-state index in [-0.39, 0.29) is 16.0 Å². The van der Waals surface area contributed by atoms with Crippen LogP contribution in [0.3, 0.4) is 0 Å². The van der Waals surface area contributed by atoms with Gasteiger partial charge in [-0.1, -0.05) is 43.1 Å². The molecule has 0 aliphatic heterocycles. The predicted octanol–water partition coefficient (Wildman–Crippen LogP) is 5.73. The molecule has 5 aromatic rings. The Labute approximate surface area is 230 Å². The minimum absolute atomic E-state index is 0.0571. The fraction of sp³-hybridized carbons (Fsp3) is 0.296. The molecular formula is C27H27ClN6O2S2. The fourth-order valence-electron chi connectivity index (χ4n) is 5.05. The number of aryl methyl sites for hydroxylation is 2. The summed E-state index contributed by atoms with van der Waals surface area (Å²) in [6.45, 7) is 6.23. The highest BCUT2D eigenvalue weighted by molar-refractivity contribution is 7.90. The number of nitrogens with zero attached hydrogens (tertiary/aromatic N) is 5. The number of hydrogen-bond donors (Lipinski definition) is 1. The van der Waals surface area contributed by atoms with E-state index in [9.17, 15) is 8.42 Å². The predicted molar refractivity (Wildman–Crippen MR) is 151 cm³/mol. The largest absolute Gasteiger partial charge is 0.319 e. The lowest BCUT2D eigenvalue weighted by Crippen LogP contribution is -2.57. The average Bonchev–Trinajstić information content (AvgIpc) is 3.61. The highest BCUT2D eigenvalue weighted by Gasteiger charge is 2.53. The number of thiazole rings is 1. The summed E-state index contributed by atoms with van der Waals surface area (Å²) in [5.74, 6) is 0. The van der Waals surface area contributed by atoms with Gasteiger partial charge in [-0.2, -0.15) is 5.10 Å². The molecule has 4 aromatic heterocycles. The monoisotopic (exact) mass is 566 g/mol. The smallest absolute Gasteiger partial charge is 0.269 e. The lowest BCUT2D eigenvalue weighted by Gasteiger charge is -2.52. The van der Waals surface area contributed by atoms with Crippen molar-refractivity contribution in [2.45, 2.75) is 44.0 Å². The Balaban J connectivity index is 1.61. The molecule has 11 heteroatoms. The van der Waals surface area contributed by atoms with E-state index in [1.54, 1.807) is 54.6 Å². The van der Waals surface area contributed by atoms with Gasteiger partial charge >= 0.3 is 0 Å². The molecule has 1 fully saturated rings. The molecule has 1 aliphatic rings. The fourth-order valence-corrected chi connectivity index (χ4v) is 8.14. The third-order valence-electron chi connectivity index (χ3n) is 7.79. The molecule has 0 bridgehead atoms. The van der Waals surface area contributed by atoms with E-state index in [4.69, 9.17) is 22.3 Å². The zero-order chi connectivity index (χ0) is 27.0. The van der Waals surface area contributed by atoms with Crippen LogP contribution in [0, 0.1) is 12.3 Å². The molecule has 0 saturated heterocycles. The number of nitrogens with two attached hydrogens (primary N) is 1. The first-order valence-electron chi connectivity index (χ1n) is 12.2. The normalized spacial score (nSPS) is 19.1. The van der Waals surface area contributed by atoms with Crippen LogP contribution in [0.2, 0.25) is 5.02 Å². The SMILES string of the molecule is Cc1ccc(S(=O)(=O)n2c(-c3cnn(C)c3)cc3c(-c4cnc(C5(N)CCC5(C)C)s4)c(Cl)cnc32)cc1. The molecule has 1 unspecified atom stereocenters. The summed E-state index contributed by atoms with van der Waals surface area (Å²) < 4.78 is 31.0. The second kappa shape index (κ2) is 8.47. The first kappa shape index (κ1) is 25.2. The van der Waals surface area contributed by atoms with Gasteiger partial charge in [0.15, 0.2) is 5.65 Å². The molecule has 1 aromatic carbocycles. The van der Waals surface area contributed by atoms with E-state index in [1.165, 1.54) is 21.5 Å². The van der Waals surface area contributed by atoms with Crippen molar-refractivity contribution >= 4 is 44.0 Å². The van der Waals surface area contributed by atoms with Gasteiger partial charge in [0.2, 0.25) is 0 Å². The Bertz CT molecular complexity index is 1820. The Morgan fingerprint density at radius 1 is 1.08 bits per heavy atom. The van der Waals surface area contributed by atoms with E-state index in [0.29, 0.717) is 27.2 Å². The van der Waals surface area contributed by atoms with E-state index >= 15 is 0 Å². The molecule has 1 aliphatic carbocycles. The maximum Gasteiger partial charge on any atom is 0.269 e. The van der Waals surface area contributed by atoms with Gasteiger partial charge in [-0.3, -0.25) is 4.68 Å². The second-order valence-corrected chi connectivity index (χ2v) is 13.8. The average molecular weight is 567 g/mol. The van der Waals surface area contributed by atoms with Crippen molar-refractivity contribution in [1.82, 2.24) is 23.7 Å². The van der Waals surface area contributed by atoms with Gasteiger partial charge < -0.3 is 5.73 Å². The van der Waals surface area contributed by atoms with Crippen LogP contribution in [-0.2, 0) is 22.6 Å². The van der Waals surface area contributed by atoms with Crippen molar-refractivity contribution in [3.05, 3.63) is 70.7 Å². The molecule has 0 radical (unpaired) electrons. The number of halogens is 1. The van der Waals surface area contributed by atoms with Gasteiger partial charge in [-0.25, -0.2) is 22.4 Å². The van der Waals surface area contributed by atoms with Crippen molar-refractivity contribution < 1.29 is 8.42 Å². The van der Waals surface area contributed by atoms with Crippen LogP contribution in [-0.4, -0.2) is 32.1 Å². The number of pyridine rings is 1. The van der Waals surface area contributed by atoms with Crippen LogP contribution in [0.5, 0.6) is 0 Å². The highest BCUT2D eigenvalue weighted by Crippen LogP contribution is 2.55. The molecule has 0 spiro atoms. The van der Waals surface area contributed by atoms with Crippen molar-refractivity contribution in [2.24, 2.45) is 18.2 Å². The van der Waals surface area contributed by atoms with Crippen molar-refractivity contribution in [3.63, 3.8) is 0 Å². The highest BCUT2D eigenvalue weighted by atomic mass is 35.5. The number of fused-ring (bicyclic) bond motifs is 1. The maximum absolute atomic E-state index is 14.0. The summed E-state index contributed by atoms with van der Waals surface area (Å²) in [5.41, 5.74) is 9.26. The summed E-state index contributed by atoms with van der Waals surface area (Å²) in [6, 6.07) is 8.59. The Morgan fingerprint density at radius 3 is 2.42 bits per heavy atom. The van der Waals surface area contributed by atoms with E-state index < -0.39 is 15.6 Å². The minimum Gasteiger partial charge on any atom is -0.319 e. The van der Waals surface area contributed by atoms with Gasteiger partial charge in [0.1, 0.15) is 5.01 Å². The number of benzene rings is 1. The first-order valence-corrected chi connectivity index (χ1v) is 14.8. The van der Waals surface area contributed by atoms with Crippen molar-refractivity contribution in [2.75, 3.05) is 0 Å². The van der Waals surface area contributed by atoms with E-state index in [1.807, 2.05) is 13.0 Å². The first-order chi connectivity index (χ1) is 17.9. The lowest BCUT2D eigenvalue weighted by molar-refractivity contribution is 0.0313. The summed E-state index contributed by atoms with van der Waals surface area (Å²) >= 11 is 8.23. The van der Waals surface area contributed by atoms with Crippen molar-refractivity contribution in [1.29, 1.82) is 0 Å². The zero-order valence-corrected chi connectivity index (χ0v) is 23.8. The van der Waals surface area contributed by atoms with Gasteiger partial charge in [-0.15, -0.1) is 11.3 Å². The molecule has 4 heterocycles. The molecule has 8 nitrogen and oxygen atoms in total. The van der Waals surface area contributed by atoms with Crippen LogP contribution in [0.1, 0.15) is 37.3 Å². The molecule has 1 saturated carbocycles. The molecule has 6 rings (SSSR count). The molecular weight excluding hydrogens is 540 g/mol. The molecule has 38 heavy (non-hydrogen) atoms. The molecule has 0 amide bonds. The quantitative estimate of drug-likeness (QED) is 0.291. The third kappa shape index (κ3) is 3.65. The third-order valence-corrected chi connectivity index (χ3v) is 11.0. The minimum atomic E-state index is -4.01. The van der Waals surface area contributed by atoms with Crippen LogP contribution in [0.15, 0.2) is 60.0 Å². The summed E-state index contributed by atoms with van der Waals surface area (Å²) in [5, 5.41) is 6.14. The second-order valence-electron chi connectivity index (χ2n) is 10.6. The van der Waals surface area contributed by atoms with Gasteiger partial charge in [0.05, 0.1) is 32.2 Å². The van der Waals surface area contributed by atoms with Crippen LogP contribution in [0.25, 0.3) is 32.7 Å². The standard InChI is InChI=1S/C27H27ClN6O2S2/c1-16-5-7-18(8-6-16)38(35,36)34-21(17-12-32-33(4)15-17)11-19-23(20(28)13-30-24(19)34)22-14-31-25(37-22)27(29)10-9-26(27,2)3/h5-8,11-15H,9-10,29H2,1-4H3. The zero-order valence-electron chi connectivity index (χ0n) is 21.4. The summed E-state index contributed by atoms with van der Waals surface area (Å²) in [6.07, 6.45) is 8.59. The van der Waals surface area contributed by atoms with E-state index in [2.05, 4.69) is 23.9 Å². The number of aromatic nitrogens is 5. The van der Waals surface area contributed by atoms with Crippen molar-refractivity contribution in [3.8, 4) is 21.7 Å². The van der Waals surface area contributed by atoms with Gasteiger partial charge in [0, 0.05) is 42.2 Å². The molecule has 196 valence electrons. The topological polar surface area (TPSA) is 109 Å². The summed E-state index contributed by atoms with van der Waals surface area (Å²) in [4.78, 5) is 10.2. The Morgan fingerprint density at radius 2 is 1.82 bits per heavy atom. The Hall–Kier alpha value is -3.05. The van der Waals surface area contributed by atoms with Crippen LogP contribution >= 0.6 is 22.9 Å². The number of rotatable bonds is 5. The van der Waals surface area contributed by atoms with Gasteiger partial charge in [0.25, 0.3) is 10.0 Å². The Kier molecular flexibility index (Phi) is 5.63. The van der Waals surface area contributed by atoms with Gasteiger partial charge in [-0.05, 0) is 43.4 Å². The molecule has 1 atom stereocenters.